The minimum absolute atomic E-state index is 0.0616. The third-order valence-electron chi connectivity index (χ3n) is 4.50. The van der Waals surface area contributed by atoms with E-state index in [1.165, 1.54) is 38.4 Å². The summed E-state index contributed by atoms with van der Waals surface area (Å²) >= 11 is 0. The van der Waals surface area contributed by atoms with Crippen LogP contribution in [0.4, 0.5) is 4.39 Å². The van der Waals surface area contributed by atoms with Crippen LogP contribution in [0, 0.1) is 5.82 Å². The second-order valence-electron chi connectivity index (χ2n) is 6.27. The number of fused-ring (bicyclic) bond motifs is 1. The van der Waals surface area contributed by atoms with Crippen LogP contribution in [0.2, 0.25) is 0 Å². The monoisotopic (exact) mass is 425 g/mol. The highest BCUT2D eigenvalue weighted by molar-refractivity contribution is 7.90. The van der Waals surface area contributed by atoms with Gasteiger partial charge in [0.2, 0.25) is 20.0 Å². The SMILES string of the molecule is CNS(=O)(=O)CCN(C)S(=O)(=O)c1ccc(-c2c[nH]c3cc(F)ccc23)cc1. The van der Waals surface area contributed by atoms with Crippen molar-refractivity contribution in [1.82, 2.24) is 14.0 Å². The lowest BCUT2D eigenvalue weighted by Gasteiger charge is -2.17. The maximum Gasteiger partial charge on any atom is 0.242 e. The molecule has 0 atom stereocenters. The van der Waals surface area contributed by atoms with Gasteiger partial charge < -0.3 is 4.98 Å². The van der Waals surface area contributed by atoms with Crippen molar-refractivity contribution in [3.05, 3.63) is 54.5 Å². The van der Waals surface area contributed by atoms with Gasteiger partial charge >= 0.3 is 0 Å². The first-order valence-electron chi connectivity index (χ1n) is 8.39. The lowest BCUT2D eigenvalue weighted by Crippen LogP contribution is -2.34. The molecule has 0 unspecified atom stereocenters. The predicted molar refractivity (Wildman–Crippen MR) is 106 cm³/mol. The molecule has 1 heterocycles. The Hall–Kier alpha value is -2.27. The number of rotatable bonds is 7. The van der Waals surface area contributed by atoms with Gasteiger partial charge in [-0.1, -0.05) is 12.1 Å². The number of hydrogen-bond acceptors (Lipinski definition) is 4. The summed E-state index contributed by atoms with van der Waals surface area (Å²) < 4.78 is 64.8. The van der Waals surface area contributed by atoms with Crippen LogP contribution >= 0.6 is 0 Å². The van der Waals surface area contributed by atoms with Crippen LogP contribution in [-0.2, 0) is 20.0 Å². The van der Waals surface area contributed by atoms with E-state index < -0.39 is 20.0 Å². The van der Waals surface area contributed by atoms with Crippen LogP contribution in [0.5, 0.6) is 0 Å². The molecule has 0 aliphatic rings. The van der Waals surface area contributed by atoms with E-state index in [0.29, 0.717) is 5.52 Å². The largest absolute Gasteiger partial charge is 0.360 e. The fourth-order valence-electron chi connectivity index (χ4n) is 2.79. The molecule has 3 aromatic rings. The van der Waals surface area contributed by atoms with Crippen molar-refractivity contribution in [2.45, 2.75) is 4.90 Å². The molecule has 28 heavy (non-hydrogen) atoms. The molecule has 0 saturated carbocycles. The summed E-state index contributed by atoms with van der Waals surface area (Å²) in [6.45, 7) is -0.165. The first-order valence-corrected chi connectivity index (χ1v) is 11.5. The Morgan fingerprint density at radius 3 is 2.39 bits per heavy atom. The van der Waals surface area contributed by atoms with Crippen LogP contribution in [0.3, 0.4) is 0 Å². The third kappa shape index (κ3) is 4.09. The van der Waals surface area contributed by atoms with E-state index in [9.17, 15) is 21.2 Å². The molecular weight excluding hydrogens is 405 g/mol. The number of hydrogen-bond donors (Lipinski definition) is 2. The summed E-state index contributed by atoms with van der Waals surface area (Å²) in [4.78, 5) is 3.06. The number of nitrogens with zero attached hydrogens (tertiary/aromatic N) is 1. The molecule has 10 heteroatoms. The van der Waals surface area contributed by atoms with Crippen molar-refractivity contribution in [3.63, 3.8) is 0 Å². The van der Waals surface area contributed by atoms with Crippen LogP contribution in [0.15, 0.2) is 53.6 Å². The zero-order valence-corrected chi connectivity index (χ0v) is 16.9. The fourth-order valence-corrected chi connectivity index (χ4v) is 4.80. The molecule has 0 spiro atoms. The molecule has 2 aromatic carbocycles. The van der Waals surface area contributed by atoms with Gasteiger partial charge in [0.05, 0.1) is 10.6 Å². The minimum Gasteiger partial charge on any atom is -0.360 e. The van der Waals surface area contributed by atoms with E-state index in [4.69, 9.17) is 0 Å². The number of nitrogens with one attached hydrogen (secondary N) is 2. The second kappa shape index (κ2) is 7.63. The second-order valence-corrected chi connectivity index (χ2v) is 10.4. The smallest absolute Gasteiger partial charge is 0.242 e. The summed E-state index contributed by atoms with van der Waals surface area (Å²) in [6.07, 6.45) is 1.74. The van der Waals surface area contributed by atoms with Crippen molar-refractivity contribution in [2.75, 3.05) is 26.4 Å². The van der Waals surface area contributed by atoms with Gasteiger partial charge in [0.15, 0.2) is 0 Å². The molecule has 7 nitrogen and oxygen atoms in total. The normalized spacial score (nSPS) is 12.7. The topological polar surface area (TPSA) is 99.3 Å². The summed E-state index contributed by atoms with van der Waals surface area (Å²) in [5.41, 5.74) is 2.25. The number of benzene rings is 2. The molecule has 0 fully saturated rings. The van der Waals surface area contributed by atoms with E-state index in [-0.39, 0.29) is 23.0 Å². The van der Waals surface area contributed by atoms with Crippen LogP contribution in [0.1, 0.15) is 0 Å². The molecule has 0 aliphatic carbocycles. The molecule has 3 rings (SSSR count). The average Bonchev–Trinajstić information content (AvgIpc) is 3.09. The van der Waals surface area contributed by atoms with Gasteiger partial charge in [-0.2, -0.15) is 4.31 Å². The van der Waals surface area contributed by atoms with Gasteiger partial charge in [0.25, 0.3) is 0 Å². The number of aromatic amines is 1. The maximum absolute atomic E-state index is 13.3. The summed E-state index contributed by atoms with van der Waals surface area (Å²) in [5.74, 6) is -0.672. The lowest BCUT2D eigenvalue weighted by molar-refractivity contribution is 0.483. The van der Waals surface area contributed by atoms with Crippen molar-refractivity contribution < 1.29 is 21.2 Å². The zero-order valence-electron chi connectivity index (χ0n) is 15.3. The highest BCUT2D eigenvalue weighted by atomic mass is 32.2. The predicted octanol–water partition coefficient (Wildman–Crippen LogP) is 2.14. The van der Waals surface area contributed by atoms with Gasteiger partial charge in [0, 0.05) is 36.3 Å². The molecule has 0 bridgehead atoms. The number of aromatic nitrogens is 1. The Morgan fingerprint density at radius 1 is 1.07 bits per heavy atom. The van der Waals surface area contributed by atoms with E-state index in [1.54, 1.807) is 24.4 Å². The Labute approximate surface area is 163 Å². The van der Waals surface area contributed by atoms with Gasteiger partial charge in [-0.15, -0.1) is 0 Å². The molecule has 2 N–H and O–H groups in total. The van der Waals surface area contributed by atoms with Crippen LogP contribution in [-0.4, -0.2) is 52.5 Å². The van der Waals surface area contributed by atoms with Gasteiger partial charge in [0.1, 0.15) is 5.82 Å². The Kier molecular flexibility index (Phi) is 5.57. The standard InChI is InChI=1S/C18H20FN3O4S2/c1-20-27(23,24)10-9-22(2)28(25,26)15-6-3-13(4-7-15)17-12-21-18-11-14(19)5-8-16(17)18/h3-8,11-12,20-21H,9-10H2,1-2H3. The summed E-state index contributed by atoms with van der Waals surface area (Å²) in [5, 5.41) is 0.825. The quantitative estimate of drug-likeness (QED) is 0.606. The van der Waals surface area contributed by atoms with Crippen LogP contribution < -0.4 is 4.72 Å². The molecule has 0 amide bonds. The van der Waals surface area contributed by atoms with Crippen molar-refractivity contribution in [3.8, 4) is 11.1 Å². The maximum atomic E-state index is 13.3. The van der Waals surface area contributed by atoms with Gasteiger partial charge in [-0.25, -0.2) is 25.9 Å². The summed E-state index contributed by atoms with van der Waals surface area (Å²) in [7, 11) is -4.71. The van der Waals surface area contributed by atoms with E-state index in [0.717, 1.165) is 20.8 Å². The number of sulfonamides is 2. The molecule has 1 aromatic heterocycles. The Bertz CT molecular complexity index is 1200. The van der Waals surface area contributed by atoms with Crippen LogP contribution in [0.25, 0.3) is 22.0 Å². The van der Waals surface area contributed by atoms with Crippen molar-refractivity contribution in [2.24, 2.45) is 0 Å². The van der Waals surface area contributed by atoms with Gasteiger partial charge in [-0.3, -0.25) is 0 Å². The Morgan fingerprint density at radius 2 is 1.75 bits per heavy atom. The first kappa shape index (κ1) is 20.5. The highest BCUT2D eigenvalue weighted by Gasteiger charge is 2.22. The van der Waals surface area contributed by atoms with Gasteiger partial charge in [-0.05, 0) is 42.9 Å². The molecule has 150 valence electrons. The van der Waals surface area contributed by atoms with Crippen molar-refractivity contribution >= 4 is 30.9 Å². The molecule has 0 aliphatic heterocycles. The number of halogens is 1. The average molecular weight is 426 g/mol. The summed E-state index contributed by atoms with van der Waals surface area (Å²) in [6, 6.07) is 10.7. The van der Waals surface area contributed by atoms with Crippen molar-refractivity contribution in [1.29, 1.82) is 0 Å². The first-order chi connectivity index (χ1) is 13.1. The highest BCUT2D eigenvalue weighted by Crippen LogP contribution is 2.30. The molecular formula is C18H20FN3O4S2. The zero-order chi connectivity index (χ0) is 20.5. The lowest BCUT2D eigenvalue weighted by atomic mass is 10.1. The fraction of sp³-hybridized carbons (Fsp3) is 0.222. The van der Waals surface area contributed by atoms with E-state index in [1.807, 2.05) is 0 Å². The minimum atomic E-state index is -3.82. The third-order valence-corrected chi connectivity index (χ3v) is 7.72. The van der Waals surface area contributed by atoms with E-state index >= 15 is 0 Å². The molecule has 0 saturated heterocycles. The van der Waals surface area contributed by atoms with E-state index in [2.05, 4.69) is 9.71 Å². The number of H-pyrrole nitrogens is 1. The molecule has 0 radical (unpaired) electrons. The Balaban J connectivity index is 1.85.